The molecular formula is C13H14O2. The number of hydrogen-bond donors (Lipinski definition) is 0. The van der Waals surface area contributed by atoms with Crippen molar-refractivity contribution in [2.75, 3.05) is 6.61 Å². The number of rotatable bonds is 4. The number of allylic oxidation sites excluding steroid dienone is 1. The highest BCUT2D eigenvalue weighted by Gasteiger charge is 1.91. The Morgan fingerprint density at radius 2 is 2.07 bits per heavy atom. The summed E-state index contributed by atoms with van der Waals surface area (Å²) in [4.78, 5) is 10.9. The van der Waals surface area contributed by atoms with Crippen LogP contribution >= 0.6 is 0 Å². The first-order valence-electron chi connectivity index (χ1n) is 4.84. The first-order chi connectivity index (χ1) is 7.33. The molecule has 0 aliphatic carbocycles. The summed E-state index contributed by atoms with van der Waals surface area (Å²) in [6, 6.07) is 9.87. The van der Waals surface area contributed by atoms with Crippen LogP contribution in [0, 0.1) is 0 Å². The lowest BCUT2D eigenvalue weighted by Crippen LogP contribution is -1.99. The van der Waals surface area contributed by atoms with E-state index in [-0.39, 0.29) is 5.97 Å². The average Bonchev–Trinajstić information content (AvgIpc) is 2.26. The summed E-state index contributed by atoms with van der Waals surface area (Å²) in [6.45, 7) is 2.08. The maximum absolute atomic E-state index is 10.9. The third-order valence-corrected chi connectivity index (χ3v) is 1.73. The zero-order valence-electron chi connectivity index (χ0n) is 8.72. The number of carbonyl (C=O) groups is 1. The second-order valence-electron chi connectivity index (χ2n) is 2.94. The minimum Gasteiger partial charge on any atom is -0.458 e. The monoisotopic (exact) mass is 202 g/mol. The van der Waals surface area contributed by atoms with E-state index >= 15 is 0 Å². The second kappa shape index (κ2) is 6.60. The molecule has 2 nitrogen and oxygen atoms in total. The van der Waals surface area contributed by atoms with E-state index in [1.165, 1.54) is 6.08 Å². The standard InChI is InChI=1S/C13H14O2/c1-2-7-13(14)15-11-6-10-12-8-4-3-5-9-12/h2-10H,11H2,1H3/b7-2+,10-6+. The lowest BCUT2D eigenvalue weighted by Gasteiger charge is -1.95. The van der Waals surface area contributed by atoms with Crippen LogP contribution in [-0.4, -0.2) is 12.6 Å². The predicted octanol–water partition coefficient (Wildman–Crippen LogP) is 2.82. The third-order valence-electron chi connectivity index (χ3n) is 1.73. The molecule has 0 N–H and O–H groups in total. The molecule has 0 bridgehead atoms. The Morgan fingerprint density at radius 3 is 2.73 bits per heavy atom. The van der Waals surface area contributed by atoms with Crippen LogP contribution in [0.4, 0.5) is 0 Å². The van der Waals surface area contributed by atoms with Crippen molar-refractivity contribution < 1.29 is 9.53 Å². The van der Waals surface area contributed by atoms with E-state index in [0.29, 0.717) is 6.61 Å². The molecule has 0 atom stereocenters. The largest absolute Gasteiger partial charge is 0.458 e. The lowest BCUT2D eigenvalue weighted by atomic mass is 10.2. The van der Waals surface area contributed by atoms with Gasteiger partial charge in [-0.05, 0) is 18.6 Å². The van der Waals surface area contributed by atoms with Gasteiger partial charge in [0.05, 0.1) is 0 Å². The van der Waals surface area contributed by atoms with Gasteiger partial charge in [0.2, 0.25) is 0 Å². The van der Waals surface area contributed by atoms with Gasteiger partial charge in [-0.15, -0.1) is 0 Å². The Hall–Kier alpha value is -1.83. The first kappa shape index (κ1) is 11.2. The molecule has 0 spiro atoms. The summed E-state index contributed by atoms with van der Waals surface area (Å²) in [5.74, 6) is -0.310. The van der Waals surface area contributed by atoms with Crippen molar-refractivity contribution in [3.63, 3.8) is 0 Å². The van der Waals surface area contributed by atoms with E-state index in [1.54, 1.807) is 13.0 Å². The fourth-order valence-corrected chi connectivity index (χ4v) is 1.06. The molecule has 0 unspecified atom stereocenters. The van der Waals surface area contributed by atoms with Crippen LogP contribution in [0.3, 0.4) is 0 Å². The molecule has 0 saturated carbocycles. The predicted molar refractivity (Wildman–Crippen MR) is 61.2 cm³/mol. The van der Waals surface area contributed by atoms with E-state index in [0.717, 1.165) is 5.56 Å². The summed E-state index contributed by atoms with van der Waals surface area (Å²) in [7, 11) is 0. The molecule has 0 amide bonds. The highest BCUT2D eigenvalue weighted by atomic mass is 16.5. The fourth-order valence-electron chi connectivity index (χ4n) is 1.06. The van der Waals surface area contributed by atoms with Crippen molar-refractivity contribution in [2.24, 2.45) is 0 Å². The Labute approximate surface area is 89.9 Å². The summed E-state index contributed by atoms with van der Waals surface area (Å²) in [6.07, 6.45) is 6.79. The highest BCUT2D eigenvalue weighted by Crippen LogP contribution is 2.00. The molecule has 15 heavy (non-hydrogen) atoms. The molecule has 0 saturated heterocycles. The van der Waals surface area contributed by atoms with Crippen molar-refractivity contribution in [1.82, 2.24) is 0 Å². The number of carbonyl (C=O) groups excluding carboxylic acids is 1. The van der Waals surface area contributed by atoms with Gasteiger partial charge in [-0.25, -0.2) is 4.79 Å². The number of hydrogen-bond acceptors (Lipinski definition) is 2. The zero-order chi connectivity index (χ0) is 10.9. The van der Waals surface area contributed by atoms with Gasteiger partial charge in [-0.2, -0.15) is 0 Å². The van der Waals surface area contributed by atoms with Gasteiger partial charge < -0.3 is 4.74 Å². The molecule has 0 aromatic heterocycles. The highest BCUT2D eigenvalue weighted by molar-refractivity contribution is 5.81. The summed E-state index contributed by atoms with van der Waals surface area (Å²) < 4.78 is 4.89. The van der Waals surface area contributed by atoms with Crippen molar-refractivity contribution in [3.8, 4) is 0 Å². The minimum absolute atomic E-state index is 0.304. The molecule has 1 aromatic carbocycles. The van der Waals surface area contributed by atoms with Gasteiger partial charge in [0.15, 0.2) is 0 Å². The van der Waals surface area contributed by atoms with Gasteiger partial charge in [0, 0.05) is 6.08 Å². The Bertz CT molecular complexity index is 350. The molecule has 0 heterocycles. The zero-order valence-corrected chi connectivity index (χ0v) is 8.72. The van der Waals surface area contributed by atoms with Crippen LogP contribution < -0.4 is 0 Å². The molecule has 0 aliphatic rings. The smallest absolute Gasteiger partial charge is 0.330 e. The summed E-state index contributed by atoms with van der Waals surface area (Å²) in [5, 5.41) is 0. The van der Waals surface area contributed by atoms with Crippen molar-refractivity contribution >= 4 is 12.0 Å². The summed E-state index contributed by atoms with van der Waals surface area (Å²) in [5.41, 5.74) is 1.10. The molecular weight excluding hydrogens is 188 g/mol. The Morgan fingerprint density at radius 1 is 1.33 bits per heavy atom. The van der Waals surface area contributed by atoms with Crippen LogP contribution in [-0.2, 0) is 9.53 Å². The Balaban J connectivity index is 2.32. The Kier molecular flexibility index (Phi) is 4.95. The molecule has 1 aromatic rings. The normalized spacial score (nSPS) is 11.0. The van der Waals surface area contributed by atoms with Gasteiger partial charge >= 0.3 is 5.97 Å². The van der Waals surface area contributed by atoms with Crippen LogP contribution in [0.2, 0.25) is 0 Å². The van der Waals surface area contributed by atoms with E-state index in [9.17, 15) is 4.79 Å². The van der Waals surface area contributed by atoms with Crippen LogP contribution in [0.1, 0.15) is 12.5 Å². The summed E-state index contributed by atoms with van der Waals surface area (Å²) >= 11 is 0. The van der Waals surface area contributed by atoms with E-state index in [4.69, 9.17) is 4.74 Å². The number of benzene rings is 1. The van der Waals surface area contributed by atoms with Gasteiger partial charge in [0.25, 0.3) is 0 Å². The lowest BCUT2D eigenvalue weighted by molar-refractivity contribution is -0.136. The van der Waals surface area contributed by atoms with Crippen LogP contribution in [0.15, 0.2) is 48.6 Å². The maximum atomic E-state index is 10.9. The number of esters is 1. The quantitative estimate of drug-likeness (QED) is 0.554. The topological polar surface area (TPSA) is 26.3 Å². The molecule has 78 valence electrons. The van der Waals surface area contributed by atoms with Gasteiger partial charge in [-0.3, -0.25) is 0 Å². The van der Waals surface area contributed by atoms with Crippen LogP contribution in [0.25, 0.3) is 6.08 Å². The van der Waals surface area contributed by atoms with E-state index in [2.05, 4.69) is 0 Å². The number of ether oxygens (including phenoxy) is 1. The maximum Gasteiger partial charge on any atom is 0.330 e. The van der Waals surface area contributed by atoms with Gasteiger partial charge in [0.1, 0.15) is 6.61 Å². The molecule has 2 heteroatoms. The average molecular weight is 202 g/mol. The van der Waals surface area contributed by atoms with Gasteiger partial charge in [-0.1, -0.05) is 42.5 Å². The fraction of sp³-hybridized carbons (Fsp3) is 0.154. The van der Waals surface area contributed by atoms with Crippen molar-refractivity contribution in [3.05, 3.63) is 54.1 Å². The van der Waals surface area contributed by atoms with Crippen LogP contribution in [0.5, 0.6) is 0 Å². The second-order valence-corrected chi connectivity index (χ2v) is 2.94. The van der Waals surface area contributed by atoms with Crippen molar-refractivity contribution in [2.45, 2.75) is 6.92 Å². The third kappa shape index (κ3) is 4.81. The van der Waals surface area contributed by atoms with Crippen molar-refractivity contribution in [1.29, 1.82) is 0 Å². The molecule has 0 fully saturated rings. The van der Waals surface area contributed by atoms with E-state index in [1.807, 2.05) is 42.5 Å². The minimum atomic E-state index is -0.310. The molecule has 1 rings (SSSR count). The molecule has 0 radical (unpaired) electrons. The van der Waals surface area contributed by atoms with E-state index < -0.39 is 0 Å². The first-order valence-corrected chi connectivity index (χ1v) is 4.84. The SMILES string of the molecule is C/C=C/C(=O)OC/C=C/c1ccccc1. The molecule has 0 aliphatic heterocycles.